The fourth-order valence-corrected chi connectivity index (χ4v) is 9.26. The fourth-order valence-electron chi connectivity index (χ4n) is 7.36. The first-order chi connectivity index (χ1) is 25.3. The van der Waals surface area contributed by atoms with Crippen molar-refractivity contribution in [3.05, 3.63) is 82.9 Å². The van der Waals surface area contributed by atoms with Gasteiger partial charge in [0.25, 0.3) is 23.6 Å². The third-order valence-electron chi connectivity index (χ3n) is 10.1. The van der Waals surface area contributed by atoms with E-state index in [1.807, 2.05) is 67.7 Å². The van der Waals surface area contributed by atoms with Crippen LogP contribution in [-0.4, -0.2) is 143 Å². The van der Waals surface area contributed by atoms with Gasteiger partial charge in [0.2, 0.25) is 0 Å². The van der Waals surface area contributed by atoms with E-state index in [0.717, 1.165) is 76.4 Å². The first-order valence-electron chi connectivity index (χ1n) is 18.2. The number of quaternary nitrogens is 1. The maximum absolute atomic E-state index is 13.7. The van der Waals surface area contributed by atoms with Crippen LogP contribution in [0.1, 0.15) is 54.3 Å². The minimum atomic E-state index is -0.276. The summed E-state index contributed by atoms with van der Waals surface area (Å²) in [6, 6.07) is 19.1. The van der Waals surface area contributed by atoms with Gasteiger partial charge in [-0.05, 0) is 63.5 Å². The van der Waals surface area contributed by atoms with Crippen LogP contribution >= 0.6 is 21.6 Å². The normalized spacial score (nSPS) is 14.3. The van der Waals surface area contributed by atoms with Crippen LogP contribution < -0.4 is 9.80 Å². The maximum atomic E-state index is 13.7. The standard InChI is InChI=1S/C41H51N6O4S2/c1-42(2)20-10-21-43(3)34-18-16-32-36-28(34)12-8-14-30(36)38(48)45(40(32)50)23-26-52-53-27-24-46-39(49)31-15-9-13-29-35(19-17-33(37(29)31)41(46)51)44(4)22-11-25-47(5,6)7/h8-9,12-19H,10-11,20-27H2,1-7H3/q+1. The first kappa shape index (κ1) is 38.6. The number of rotatable bonds is 17. The summed E-state index contributed by atoms with van der Waals surface area (Å²) in [6.07, 6.45) is 2.02. The number of hydrogen-bond donors (Lipinski definition) is 0. The number of carbonyl (C=O) groups excluding carboxylic acids is 4. The summed E-state index contributed by atoms with van der Waals surface area (Å²) in [7, 11) is 17.8. The van der Waals surface area contributed by atoms with E-state index in [1.165, 1.54) is 31.4 Å². The van der Waals surface area contributed by atoms with Crippen molar-refractivity contribution in [2.75, 3.05) is 110 Å². The third kappa shape index (κ3) is 8.06. The van der Waals surface area contributed by atoms with Crippen molar-refractivity contribution in [2.45, 2.75) is 12.8 Å². The number of amides is 4. The number of benzene rings is 4. The quantitative estimate of drug-likeness (QED) is 0.0543. The average Bonchev–Trinajstić information content (AvgIpc) is 3.12. The molecule has 0 saturated heterocycles. The Morgan fingerprint density at radius 3 is 1.38 bits per heavy atom. The van der Waals surface area contributed by atoms with Crippen LogP contribution in [0.2, 0.25) is 0 Å². The van der Waals surface area contributed by atoms with Crippen LogP contribution in [0.4, 0.5) is 11.4 Å². The smallest absolute Gasteiger partial charge is 0.261 e. The molecular formula is C41H51N6O4S2+. The molecule has 280 valence electrons. The molecule has 0 unspecified atom stereocenters. The van der Waals surface area contributed by atoms with Crippen molar-refractivity contribution in [1.29, 1.82) is 0 Å². The Balaban J connectivity index is 1.04. The van der Waals surface area contributed by atoms with Crippen LogP contribution in [0.15, 0.2) is 60.7 Å². The van der Waals surface area contributed by atoms with Crippen LogP contribution in [0.5, 0.6) is 0 Å². The molecule has 2 aliphatic rings. The highest BCUT2D eigenvalue weighted by Crippen LogP contribution is 2.38. The fraction of sp³-hybridized carbons (Fsp3) is 0.415. The van der Waals surface area contributed by atoms with Gasteiger partial charge in [-0.2, -0.15) is 0 Å². The predicted molar refractivity (Wildman–Crippen MR) is 221 cm³/mol. The molecule has 2 aliphatic heterocycles. The third-order valence-corrected chi connectivity index (χ3v) is 12.4. The molecule has 0 saturated carbocycles. The first-order valence-corrected chi connectivity index (χ1v) is 20.7. The molecule has 0 fully saturated rings. The van der Waals surface area contributed by atoms with E-state index in [-0.39, 0.29) is 36.7 Å². The van der Waals surface area contributed by atoms with Crippen molar-refractivity contribution < 1.29 is 23.7 Å². The molecule has 0 spiro atoms. The summed E-state index contributed by atoms with van der Waals surface area (Å²) >= 11 is 0. The zero-order chi connectivity index (χ0) is 38.0. The molecule has 0 N–H and O–H groups in total. The highest BCUT2D eigenvalue weighted by atomic mass is 33.1. The van der Waals surface area contributed by atoms with Gasteiger partial charge < -0.3 is 19.2 Å². The van der Waals surface area contributed by atoms with E-state index in [9.17, 15) is 19.2 Å². The van der Waals surface area contributed by atoms with Gasteiger partial charge in [-0.1, -0.05) is 45.9 Å². The minimum Gasteiger partial charge on any atom is -0.374 e. The van der Waals surface area contributed by atoms with Crippen LogP contribution in [0, 0.1) is 0 Å². The predicted octanol–water partition coefficient (Wildman–Crippen LogP) is 6.19. The van der Waals surface area contributed by atoms with Gasteiger partial charge in [0.15, 0.2) is 0 Å². The zero-order valence-corrected chi connectivity index (χ0v) is 33.6. The second-order valence-corrected chi connectivity index (χ2v) is 18.0. The molecule has 0 radical (unpaired) electrons. The number of imide groups is 2. The number of hydrogen-bond acceptors (Lipinski definition) is 9. The molecule has 0 aromatic heterocycles. The summed E-state index contributed by atoms with van der Waals surface area (Å²) in [5.41, 5.74) is 4.23. The molecule has 12 heteroatoms. The Bertz CT molecular complexity index is 2020. The molecule has 53 heavy (non-hydrogen) atoms. The summed E-state index contributed by atoms with van der Waals surface area (Å²) in [4.78, 5) is 63.9. The molecule has 6 rings (SSSR count). The SMILES string of the molecule is CN(C)CCCN(C)c1ccc2c3c(cccc13)C(=O)N(CCSSCCN1C(=O)c3cccc4c(N(C)CCC[N+](C)(C)C)ccc(c34)C1=O)C2=O. The second-order valence-electron chi connectivity index (χ2n) is 15.3. The lowest BCUT2D eigenvalue weighted by molar-refractivity contribution is -0.870. The summed E-state index contributed by atoms with van der Waals surface area (Å²) in [5.74, 6) is -0.0541. The summed E-state index contributed by atoms with van der Waals surface area (Å²) < 4.78 is 0.897. The van der Waals surface area contributed by atoms with E-state index in [4.69, 9.17) is 0 Å². The molecular weight excluding hydrogens is 705 g/mol. The number of anilines is 2. The van der Waals surface area contributed by atoms with Gasteiger partial charge in [0.05, 0.1) is 27.7 Å². The van der Waals surface area contributed by atoms with Crippen molar-refractivity contribution >= 4 is 78.1 Å². The minimum absolute atomic E-state index is 0.264. The van der Waals surface area contributed by atoms with Gasteiger partial charge in [0.1, 0.15) is 0 Å². The molecule has 4 aromatic carbocycles. The van der Waals surface area contributed by atoms with Gasteiger partial charge in [-0.3, -0.25) is 29.0 Å². The Morgan fingerprint density at radius 2 is 0.962 bits per heavy atom. The highest BCUT2D eigenvalue weighted by molar-refractivity contribution is 8.76. The highest BCUT2D eigenvalue weighted by Gasteiger charge is 2.35. The molecule has 0 aliphatic carbocycles. The van der Waals surface area contributed by atoms with Crippen LogP contribution in [0.3, 0.4) is 0 Å². The van der Waals surface area contributed by atoms with E-state index >= 15 is 0 Å². The van der Waals surface area contributed by atoms with Crippen molar-refractivity contribution in [2.24, 2.45) is 0 Å². The second kappa shape index (κ2) is 16.1. The molecule has 2 heterocycles. The van der Waals surface area contributed by atoms with Gasteiger partial charge >= 0.3 is 0 Å². The molecule has 0 atom stereocenters. The van der Waals surface area contributed by atoms with Gasteiger partial charge in [0, 0.05) is 113 Å². The Labute approximate surface area is 321 Å². The lowest BCUT2D eigenvalue weighted by Gasteiger charge is -2.30. The average molecular weight is 756 g/mol. The van der Waals surface area contributed by atoms with Crippen molar-refractivity contribution in [1.82, 2.24) is 14.7 Å². The molecule has 0 bridgehead atoms. The lowest BCUT2D eigenvalue weighted by atomic mass is 9.92. The van der Waals surface area contributed by atoms with E-state index in [0.29, 0.717) is 33.8 Å². The molecule has 4 aromatic rings. The monoisotopic (exact) mass is 755 g/mol. The maximum Gasteiger partial charge on any atom is 0.261 e. The van der Waals surface area contributed by atoms with E-state index < -0.39 is 0 Å². The topological polar surface area (TPSA) is 84.5 Å². The number of carbonyl (C=O) groups is 4. The summed E-state index contributed by atoms with van der Waals surface area (Å²) in [5, 5.41) is 3.29. The van der Waals surface area contributed by atoms with Crippen molar-refractivity contribution in [3.63, 3.8) is 0 Å². The molecule has 4 amide bonds. The molecule has 10 nitrogen and oxygen atoms in total. The van der Waals surface area contributed by atoms with Gasteiger partial charge in [-0.15, -0.1) is 0 Å². The Hall–Kier alpha value is -4.10. The lowest BCUT2D eigenvalue weighted by Crippen LogP contribution is -2.42. The zero-order valence-electron chi connectivity index (χ0n) is 32.0. The Kier molecular flexibility index (Phi) is 11.7. The summed E-state index contributed by atoms with van der Waals surface area (Å²) in [6.45, 7) is 4.28. The Morgan fingerprint density at radius 1 is 0.547 bits per heavy atom. The van der Waals surface area contributed by atoms with Crippen molar-refractivity contribution in [3.8, 4) is 0 Å². The largest absolute Gasteiger partial charge is 0.374 e. The van der Waals surface area contributed by atoms with E-state index in [1.54, 1.807) is 0 Å². The van der Waals surface area contributed by atoms with Crippen LogP contribution in [0.25, 0.3) is 21.5 Å². The van der Waals surface area contributed by atoms with E-state index in [2.05, 4.69) is 57.0 Å². The van der Waals surface area contributed by atoms with Gasteiger partial charge in [-0.25, -0.2) is 0 Å². The van der Waals surface area contributed by atoms with Crippen LogP contribution in [-0.2, 0) is 0 Å². The number of nitrogens with zero attached hydrogens (tertiary/aromatic N) is 6.